The second kappa shape index (κ2) is 5.15. The van der Waals surface area contributed by atoms with Crippen molar-refractivity contribution in [1.29, 1.82) is 0 Å². The highest BCUT2D eigenvalue weighted by atomic mass is 32.2. The van der Waals surface area contributed by atoms with E-state index >= 15 is 0 Å². The molecule has 2 heterocycles. The summed E-state index contributed by atoms with van der Waals surface area (Å²) in [5, 5.41) is 4.73. The van der Waals surface area contributed by atoms with E-state index in [1.807, 2.05) is 11.4 Å². The van der Waals surface area contributed by atoms with Gasteiger partial charge in [0.2, 0.25) is 15.9 Å². The number of benzene rings is 1. The SMILES string of the molecule is O=C1Cc2cc(S(=O)(=O)NCC3(c4cccs4)CC3)ccc2N1. The van der Waals surface area contributed by atoms with Crippen LogP contribution in [0.25, 0.3) is 0 Å². The molecule has 2 aromatic rings. The van der Waals surface area contributed by atoms with E-state index in [2.05, 4.69) is 16.1 Å². The normalized spacial score (nSPS) is 18.5. The van der Waals surface area contributed by atoms with Crippen molar-refractivity contribution in [3.8, 4) is 0 Å². The molecule has 1 fully saturated rings. The summed E-state index contributed by atoms with van der Waals surface area (Å²) in [7, 11) is -3.57. The Morgan fingerprint density at radius 1 is 1.26 bits per heavy atom. The van der Waals surface area contributed by atoms with Crippen LogP contribution in [0.4, 0.5) is 5.69 Å². The minimum atomic E-state index is -3.57. The lowest BCUT2D eigenvalue weighted by Gasteiger charge is -2.15. The quantitative estimate of drug-likeness (QED) is 0.870. The molecule has 120 valence electrons. The van der Waals surface area contributed by atoms with Crippen LogP contribution in [0.5, 0.6) is 0 Å². The Morgan fingerprint density at radius 2 is 2.09 bits per heavy atom. The molecule has 1 saturated carbocycles. The van der Waals surface area contributed by atoms with Crippen LogP contribution >= 0.6 is 11.3 Å². The van der Waals surface area contributed by atoms with Crippen molar-refractivity contribution < 1.29 is 13.2 Å². The van der Waals surface area contributed by atoms with E-state index in [9.17, 15) is 13.2 Å². The number of amides is 1. The first-order valence-corrected chi connectivity index (χ1v) is 9.81. The fourth-order valence-corrected chi connectivity index (χ4v) is 5.10. The maximum atomic E-state index is 12.5. The number of hydrogen-bond acceptors (Lipinski definition) is 4. The zero-order valence-electron chi connectivity index (χ0n) is 12.3. The number of anilines is 1. The van der Waals surface area contributed by atoms with Gasteiger partial charge in [0.05, 0.1) is 11.3 Å². The van der Waals surface area contributed by atoms with Crippen molar-refractivity contribution in [2.45, 2.75) is 29.6 Å². The van der Waals surface area contributed by atoms with Crippen LogP contribution < -0.4 is 10.0 Å². The summed E-state index contributed by atoms with van der Waals surface area (Å²) in [5.41, 5.74) is 1.40. The van der Waals surface area contributed by atoms with E-state index in [0.29, 0.717) is 12.2 Å². The molecule has 0 bridgehead atoms. The van der Waals surface area contributed by atoms with E-state index in [4.69, 9.17) is 0 Å². The first-order chi connectivity index (χ1) is 11.0. The number of carbonyl (C=O) groups excluding carboxylic acids is 1. The molecule has 1 aliphatic carbocycles. The number of thiophene rings is 1. The molecule has 1 aromatic carbocycles. The summed E-state index contributed by atoms with van der Waals surface area (Å²) >= 11 is 1.67. The molecular weight excluding hydrogens is 332 g/mol. The first kappa shape index (κ1) is 14.9. The molecular formula is C16H16N2O3S2. The summed E-state index contributed by atoms with van der Waals surface area (Å²) in [6.07, 6.45) is 2.26. The van der Waals surface area contributed by atoms with Gasteiger partial charge >= 0.3 is 0 Å². The van der Waals surface area contributed by atoms with Crippen molar-refractivity contribution in [1.82, 2.24) is 4.72 Å². The van der Waals surface area contributed by atoms with Gasteiger partial charge in [-0.1, -0.05) is 6.07 Å². The van der Waals surface area contributed by atoms with Gasteiger partial charge in [-0.3, -0.25) is 4.79 Å². The van der Waals surface area contributed by atoms with Gasteiger partial charge in [0.1, 0.15) is 0 Å². The van der Waals surface area contributed by atoms with Crippen LogP contribution in [0.2, 0.25) is 0 Å². The van der Waals surface area contributed by atoms with Gasteiger partial charge in [-0.2, -0.15) is 0 Å². The number of rotatable bonds is 5. The van der Waals surface area contributed by atoms with E-state index in [1.165, 1.54) is 10.9 Å². The predicted octanol–water partition coefficient (Wildman–Crippen LogP) is 2.25. The number of fused-ring (bicyclic) bond motifs is 1. The Labute approximate surface area is 138 Å². The highest BCUT2D eigenvalue weighted by Crippen LogP contribution is 2.49. The molecule has 1 aromatic heterocycles. The smallest absolute Gasteiger partial charge is 0.240 e. The van der Waals surface area contributed by atoms with E-state index < -0.39 is 10.0 Å². The van der Waals surface area contributed by atoms with Gasteiger partial charge in [0.25, 0.3) is 0 Å². The molecule has 1 amide bonds. The topological polar surface area (TPSA) is 75.3 Å². The van der Waals surface area contributed by atoms with Gasteiger partial charge in [0, 0.05) is 22.5 Å². The third-order valence-corrected chi connectivity index (χ3v) is 7.03. The van der Waals surface area contributed by atoms with Gasteiger partial charge in [-0.25, -0.2) is 13.1 Å². The van der Waals surface area contributed by atoms with Crippen molar-refractivity contribution >= 4 is 33.0 Å². The number of hydrogen-bond donors (Lipinski definition) is 2. The zero-order valence-corrected chi connectivity index (χ0v) is 14.0. The highest BCUT2D eigenvalue weighted by Gasteiger charge is 2.45. The summed E-state index contributed by atoms with van der Waals surface area (Å²) in [5.74, 6) is -0.0999. The largest absolute Gasteiger partial charge is 0.326 e. The fraction of sp³-hybridized carbons (Fsp3) is 0.312. The molecule has 4 rings (SSSR count). The van der Waals surface area contributed by atoms with E-state index in [0.717, 1.165) is 18.4 Å². The molecule has 5 nitrogen and oxygen atoms in total. The standard InChI is InChI=1S/C16H16N2O3S2/c19-15-9-11-8-12(3-4-13(11)18-15)23(20,21)17-10-16(5-6-16)14-2-1-7-22-14/h1-4,7-8,17H,5-6,9-10H2,(H,18,19). The average Bonchev–Trinajstić information content (AvgIpc) is 2.95. The molecule has 7 heteroatoms. The summed E-state index contributed by atoms with van der Waals surface area (Å²) in [6.45, 7) is 0.421. The van der Waals surface area contributed by atoms with Crippen LogP contribution in [0, 0.1) is 0 Å². The van der Waals surface area contributed by atoms with Crippen LogP contribution in [-0.2, 0) is 26.7 Å². The molecule has 2 N–H and O–H groups in total. The van der Waals surface area contributed by atoms with Gasteiger partial charge in [-0.05, 0) is 48.1 Å². The summed E-state index contributed by atoms with van der Waals surface area (Å²) in [4.78, 5) is 12.8. The van der Waals surface area contributed by atoms with Crippen LogP contribution in [0.15, 0.2) is 40.6 Å². The Kier molecular flexibility index (Phi) is 3.33. The fourth-order valence-electron chi connectivity index (χ4n) is 2.93. The molecule has 0 spiro atoms. The lowest BCUT2D eigenvalue weighted by Crippen LogP contribution is -2.32. The Balaban J connectivity index is 1.53. The van der Waals surface area contributed by atoms with Crippen molar-refractivity contribution in [3.05, 3.63) is 46.2 Å². The number of sulfonamides is 1. The van der Waals surface area contributed by atoms with E-state index in [-0.39, 0.29) is 22.6 Å². The number of carbonyl (C=O) groups is 1. The predicted molar refractivity (Wildman–Crippen MR) is 89.2 cm³/mol. The third kappa shape index (κ3) is 2.69. The highest BCUT2D eigenvalue weighted by molar-refractivity contribution is 7.89. The Morgan fingerprint density at radius 3 is 2.78 bits per heavy atom. The van der Waals surface area contributed by atoms with E-state index in [1.54, 1.807) is 23.5 Å². The second-order valence-corrected chi connectivity index (χ2v) is 8.84. The maximum absolute atomic E-state index is 12.5. The van der Waals surface area contributed by atoms with Gasteiger partial charge in [-0.15, -0.1) is 11.3 Å². The molecule has 2 aliphatic rings. The van der Waals surface area contributed by atoms with Crippen molar-refractivity contribution in [2.75, 3.05) is 11.9 Å². The summed E-state index contributed by atoms with van der Waals surface area (Å²) in [6, 6.07) is 8.84. The maximum Gasteiger partial charge on any atom is 0.240 e. The third-order valence-electron chi connectivity index (χ3n) is 4.51. The van der Waals surface area contributed by atoms with Gasteiger partial charge < -0.3 is 5.32 Å². The van der Waals surface area contributed by atoms with Crippen LogP contribution in [0.1, 0.15) is 23.3 Å². The molecule has 0 saturated heterocycles. The second-order valence-electron chi connectivity index (χ2n) is 6.13. The number of nitrogens with one attached hydrogen (secondary N) is 2. The minimum absolute atomic E-state index is 0.0323. The first-order valence-electron chi connectivity index (χ1n) is 7.45. The lowest BCUT2D eigenvalue weighted by molar-refractivity contribution is -0.115. The molecule has 23 heavy (non-hydrogen) atoms. The Bertz CT molecular complexity index is 869. The average molecular weight is 348 g/mol. The van der Waals surface area contributed by atoms with Crippen molar-refractivity contribution in [3.63, 3.8) is 0 Å². The van der Waals surface area contributed by atoms with Crippen LogP contribution in [-0.4, -0.2) is 20.9 Å². The zero-order chi connectivity index (χ0) is 16.1. The molecule has 0 atom stereocenters. The molecule has 0 radical (unpaired) electrons. The minimum Gasteiger partial charge on any atom is -0.326 e. The van der Waals surface area contributed by atoms with Crippen molar-refractivity contribution in [2.24, 2.45) is 0 Å². The summed E-state index contributed by atoms with van der Waals surface area (Å²) < 4.78 is 27.8. The van der Waals surface area contributed by atoms with Crippen LogP contribution in [0.3, 0.4) is 0 Å². The molecule has 0 unspecified atom stereocenters. The molecule has 1 aliphatic heterocycles. The monoisotopic (exact) mass is 348 g/mol. The Hall–Kier alpha value is -1.70. The lowest BCUT2D eigenvalue weighted by atomic mass is 10.1. The van der Waals surface area contributed by atoms with Gasteiger partial charge in [0.15, 0.2) is 0 Å².